The van der Waals surface area contributed by atoms with Gasteiger partial charge in [0.05, 0.1) is 22.0 Å². The first-order valence-corrected chi connectivity index (χ1v) is 9.94. The second-order valence-corrected chi connectivity index (χ2v) is 7.40. The first-order chi connectivity index (χ1) is 14.7. The molecule has 0 aliphatic rings. The Morgan fingerprint density at radius 1 is 1.39 bits per heavy atom. The van der Waals surface area contributed by atoms with Gasteiger partial charge in [-0.25, -0.2) is 9.78 Å². The number of hydrogen-bond donors (Lipinski definition) is 1. The number of ether oxygens (including phenoxy) is 1. The third-order valence-corrected chi connectivity index (χ3v) is 4.84. The summed E-state index contributed by atoms with van der Waals surface area (Å²) >= 11 is 3.33. The van der Waals surface area contributed by atoms with Crippen molar-refractivity contribution in [1.82, 2.24) is 9.66 Å². The summed E-state index contributed by atoms with van der Waals surface area (Å²) in [5.74, 6) is -0.997. The van der Waals surface area contributed by atoms with Crippen molar-refractivity contribution in [3.05, 3.63) is 72.7 Å². The van der Waals surface area contributed by atoms with Gasteiger partial charge in [0.1, 0.15) is 5.82 Å². The fourth-order valence-electron chi connectivity index (χ4n) is 2.76. The summed E-state index contributed by atoms with van der Waals surface area (Å²) in [6.45, 7) is 3.10. The Morgan fingerprint density at radius 2 is 2.13 bits per heavy atom. The fraction of sp³-hybridized carbons (Fsp3) is 0.200. The van der Waals surface area contributed by atoms with E-state index < -0.39 is 22.7 Å². The Labute approximate surface area is 184 Å². The first kappa shape index (κ1) is 22.1. The number of aromatic nitrogens is 2. The second kappa shape index (κ2) is 9.04. The van der Waals surface area contributed by atoms with Crippen LogP contribution in [0.1, 0.15) is 25.2 Å². The molecule has 0 spiro atoms. The van der Waals surface area contributed by atoms with E-state index in [0.717, 1.165) is 9.15 Å². The van der Waals surface area contributed by atoms with E-state index in [1.165, 1.54) is 31.3 Å². The molecule has 0 amide bonds. The van der Waals surface area contributed by atoms with Crippen LogP contribution in [0.15, 0.2) is 50.8 Å². The van der Waals surface area contributed by atoms with E-state index in [0.29, 0.717) is 28.7 Å². The number of carboxylic acids is 1. The molecule has 0 fully saturated rings. The number of nitro benzene ring substituents is 1. The zero-order valence-corrected chi connectivity index (χ0v) is 18.1. The Kier molecular flexibility index (Phi) is 6.44. The number of carboxylic acid groups (broad SMARTS) is 1. The van der Waals surface area contributed by atoms with E-state index in [1.807, 2.05) is 6.92 Å². The van der Waals surface area contributed by atoms with Gasteiger partial charge in [-0.3, -0.25) is 14.9 Å². The molecule has 0 bridgehead atoms. The molecule has 1 heterocycles. The van der Waals surface area contributed by atoms with Crippen LogP contribution in [-0.2, 0) is 11.2 Å². The van der Waals surface area contributed by atoms with Crippen LogP contribution in [0.3, 0.4) is 0 Å². The Balaban J connectivity index is 2.03. The van der Waals surface area contributed by atoms with Crippen molar-refractivity contribution in [1.29, 1.82) is 0 Å². The quantitative estimate of drug-likeness (QED) is 0.305. The normalized spacial score (nSPS) is 12.2. The molecule has 2 aromatic carbocycles. The minimum atomic E-state index is -1.26. The summed E-state index contributed by atoms with van der Waals surface area (Å²) in [6, 6.07) is 9.12. The van der Waals surface area contributed by atoms with Gasteiger partial charge in [0, 0.05) is 22.5 Å². The van der Waals surface area contributed by atoms with Crippen LogP contribution in [-0.4, -0.2) is 38.0 Å². The summed E-state index contributed by atoms with van der Waals surface area (Å²) in [4.78, 5) is 39.0. The maximum Gasteiger partial charge on any atom is 0.344 e. The number of aryl methyl sites for hydroxylation is 1. The number of benzene rings is 2. The Bertz CT molecular complexity index is 1270. The number of halogens is 1. The molecule has 0 saturated carbocycles. The molecule has 31 heavy (non-hydrogen) atoms. The van der Waals surface area contributed by atoms with E-state index in [-0.39, 0.29) is 11.3 Å². The van der Waals surface area contributed by atoms with Crippen molar-refractivity contribution in [3.63, 3.8) is 0 Å². The molecule has 0 unspecified atom stereocenters. The van der Waals surface area contributed by atoms with Crippen molar-refractivity contribution in [2.75, 3.05) is 0 Å². The third kappa shape index (κ3) is 4.77. The predicted molar refractivity (Wildman–Crippen MR) is 117 cm³/mol. The van der Waals surface area contributed by atoms with Crippen LogP contribution in [0.25, 0.3) is 10.9 Å². The minimum absolute atomic E-state index is 0.180. The van der Waals surface area contributed by atoms with E-state index in [2.05, 4.69) is 26.0 Å². The molecule has 0 aliphatic carbocycles. The van der Waals surface area contributed by atoms with Gasteiger partial charge >= 0.3 is 11.7 Å². The summed E-state index contributed by atoms with van der Waals surface area (Å²) in [7, 11) is 0. The van der Waals surface area contributed by atoms with Gasteiger partial charge in [-0.05, 0) is 37.3 Å². The van der Waals surface area contributed by atoms with Gasteiger partial charge in [0.25, 0.3) is 5.56 Å². The maximum atomic E-state index is 12.9. The SMILES string of the molecule is CCc1nc2ccc(Br)cc2c(=O)n1N=Cc1ccc(O[C@H](C)C(=O)O)c([N+](=O)[O-])c1. The van der Waals surface area contributed by atoms with Gasteiger partial charge in [-0.15, -0.1) is 0 Å². The fourth-order valence-corrected chi connectivity index (χ4v) is 3.13. The largest absolute Gasteiger partial charge is 0.479 e. The van der Waals surface area contributed by atoms with Gasteiger partial charge in [-0.1, -0.05) is 22.9 Å². The zero-order chi connectivity index (χ0) is 22.7. The molecule has 160 valence electrons. The van der Waals surface area contributed by atoms with E-state index in [1.54, 1.807) is 18.2 Å². The summed E-state index contributed by atoms with van der Waals surface area (Å²) in [5.41, 5.74) is 0.0799. The molecule has 10 nitrogen and oxygen atoms in total. The molecule has 0 radical (unpaired) electrons. The summed E-state index contributed by atoms with van der Waals surface area (Å²) < 4.78 is 7.02. The molecule has 0 saturated heterocycles. The first-order valence-electron chi connectivity index (χ1n) is 9.14. The van der Waals surface area contributed by atoms with E-state index in [9.17, 15) is 19.7 Å². The van der Waals surface area contributed by atoms with Crippen molar-refractivity contribution < 1.29 is 19.6 Å². The van der Waals surface area contributed by atoms with E-state index in [4.69, 9.17) is 9.84 Å². The number of carbonyl (C=O) groups is 1. The van der Waals surface area contributed by atoms with Crippen LogP contribution >= 0.6 is 15.9 Å². The molecular weight excluding hydrogens is 472 g/mol. The highest BCUT2D eigenvalue weighted by Crippen LogP contribution is 2.28. The van der Waals surface area contributed by atoms with E-state index >= 15 is 0 Å². The Hall–Kier alpha value is -3.60. The topological polar surface area (TPSA) is 137 Å². The summed E-state index contributed by atoms with van der Waals surface area (Å²) in [5, 5.41) is 24.9. The van der Waals surface area contributed by atoms with Crippen molar-refractivity contribution >= 4 is 44.7 Å². The van der Waals surface area contributed by atoms with Crippen molar-refractivity contribution in [2.45, 2.75) is 26.4 Å². The number of nitrogens with zero attached hydrogens (tertiary/aromatic N) is 4. The molecule has 3 rings (SSSR count). The standard InChI is InChI=1S/C20H17BrN4O6/c1-3-18-23-15-6-5-13(21)9-14(15)19(26)24(18)22-10-12-4-7-17(16(8-12)25(29)30)31-11(2)20(27)28/h4-11H,3H2,1-2H3,(H,27,28)/t11-/m1/s1. The van der Waals surface area contributed by atoms with Crippen LogP contribution in [0.5, 0.6) is 5.75 Å². The number of nitro groups is 1. The Morgan fingerprint density at radius 3 is 2.77 bits per heavy atom. The maximum absolute atomic E-state index is 12.9. The summed E-state index contributed by atoms with van der Waals surface area (Å²) in [6.07, 6.45) is 0.481. The van der Waals surface area contributed by atoms with Gasteiger partial charge in [-0.2, -0.15) is 9.78 Å². The second-order valence-electron chi connectivity index (χ2n) is 6.49. The lowest BCUT2D eigenvalue weighted by atomic mass is 10.2. The van der Waals surface area contributed by atoms with Gasteiger partial charge < -0.3 is 9.84 Å². The average molecular weight is 489 g/mol. The lowest BCUT2D eigenvalue weighted by Gasteiger charge is -2.11. The predicted octanol–water partition coefficient (Wildman–Crippen LogP) is 3.36. The molecular formula is C20H17BrN4O6. The highest BCUT2D eigenvalue weighted by atomic mass is 79.9. The third-order valence-electron chi connectivity index (χ3n) is 4.35. The van der Waals surface area contributed by atoms with Gasteiger partial charge in [0.2, 0.25) is 0 Å². The van der Waals surface area contributed by atoms with Crippen LogP contribution in [0.4, 0.5) is 5.69 Å². The highest BCUT2D eigenvalue weighted by Gasteiger charge is 2.21. The molecule has 0 aliphatic heterocycles. The number of fused-ring (bicyclic) bond motifs is 1. The van der Waals surface area contributed by atoms with Crippen LogP contribution < -0.4 is 10.3 Å². The van der Waals surface area contributed by atoms with Gasteiger partial charge in [0.15, 0.2) is 11.9 Å². The average Bonchev–Trinajstić information content (AvgIpc) is 2.73. The number of rotatable bonds is 7. The lowest BCUT2D eigenvalue weighted by Crippen LogP contribution is -2.23. The lowest BCUT2D eigenvalue weighted by molar-refractivity contribution is -0.386. The molecule has 3 aromatic rings. The monoisotopic (exact) mass is 488 g/mol. The zero-order valence-electron chi connectivity index (χ0n) is 16.5. The minimum Gasteiger partial charge on any atom is -0.479 e. The molecule has 1 N–H and O–H groups in total. The van der Waals surface area contributed by atoms with Crippen molar-refractivity contribution in [3.8, 4) is 5.75 Å². The van der Waals surface area contributed by atoms with Crippen LogP contribution in [0.2, 0.25) is 0 Å². The van der Waals surface area contributed by atoms with Crippen LogP contribution in [0, 0.1) is 10.1 Å². The molecule has 1 aromatic heterocycles. The van der Waals surface area contributed by atoms with Crippen molar-refractivity contribution in [2.24, 2.45) is 5.10 Å². The number of hydrogen-bond acceptors (Lipinski definition) is 7. The molecule has 11 heteroatoms. The number of aliphatic carboxylic acids is 1. The molecule has 1 atom stereocenters. The highest BCUT2D eigenvalue weighted by molar-refractivity contribution is 9.10. The smallest absolute Gasteiger partial charge is 0.344 e.